The second-order valence-corrected chi connectivity index (χ2v) is 6.39. The SMILES string of the molecule is Cn1c(=N)c(C(=O)NCC2CCCO2)cc2c(=O)n3ccccc3nc21. The van der Waals surface area contributed by atoms with Crippen molar-refractivity contribution in [2.24, 2.45) is 7.05 Å². The summed E-state index contributed by atoms with van der Waals surface area (Å²) in [5.41, 5.74) is 0.758. The van der Waals surface area contributed by atoms with E-state index in [1.165, 1.54) is 15.0 Å². The molecule has 1 amide bonds. The van der Waals surface area contributed by atoms with Gasteiger partial charge in [-0.2, -0.15) is 0 Å². The highest BCUT2D eigenvalue weighted by molar-refractivity contribution is 5.96. The van der Waals surface area contributed by atoms with Gasteiger partial charge in [0.25, 0.3) is 11.5 Å². The van der Waals surface area contributed by atoms with Gasteiger partial charge < -0.3 is 14.6 Å². The Hall–Kier alpha value is -3.00. The van der Waals surface area contributed by atoms with Gasteiger partial charge in [0.05, 0.1) is 17.1 Å². The zero-order valence-electron chi connectivity index (χ0n) is 14.4. The lowest BCUT2D eigenvalue weighted by Crippen LogP contribution is -2.37. The number of amides is 1. The number of hydrogen-bond acceptors (Lipinski definition) is 5. The van der Waals surface area contributed by atoms with E-state index in [-0.39, 0.29) is 28.6 Å². The molecule has 26 heavy (non-hydrogen) atoms. The molecule has 3 aromatic heterocycles. The molecule has 1 atom stereocenters. The second kappa shape index (κ2) is 6.38. The van der Waals surface area contributed by atoms with Crippen LogP contribution < -0.4 is 16.4 Å². The largest absolute Gasteiger partial charge is 0.376 e. The maximum Gasteiger partial charge on any atom is 0.267 e. The van der Waals surface area contributed by atoms with Gasteiger partial charge in [-0.1, -0.05) is 6.07 Å². The molecule has 1 aliphatic heterocycles. The summed E-state index contributed by atoms with van der Waals surface area (Å²) in [6.07, 6.45) is 3.55. The van der Waals surface area contributed by atoms with Gasteiger partial charge in [0.1, 0.15) is 16.8 Å². The Morgan fingerprint density at radius 1 is 1.46 bits per heavy atom. The number of nitrogens with zero attached hydrogens (tertiary/aromatic N) is 3. The topological polar surface area (TPSA) is 101 Å². The lowest BCUT2D eigenvalue weighted by Gasteiger charge is -2.13. The first kappa shape index (κ1) is 16.5. The van der Waals surface area contributed by atoms with Crippen LogP contribution in [-0.4, -0.2) is 39.1 Å². The summed E-state index contributed by atoms with van der Waals surface area (Å²) in [4.78, 5) is 29.8. The molecular formula is C18H19N5O3. The molecule has 0 aromatic carbocycles. The molecule has 0 bridgehead atoms. The quantitative estimate of drug-likeness (QED) is 0.672. The van der Waals surface area contributed by atoms with Crippen LogP contribution in [0, 0.1) is 5.41 Å². The third-order valence-corrected chi connectivity index (χ3v) is 4.70. The van der Waals surface area contributed by atoms with Crippen LogP contribution in [0.2, 0.25) is 0 Å². The van der Waals surface area contributed by atoms with Crippen molar-refractivity contribution in [3.8, 4) is 0 Å². The molecular weight excluding hydrogens is 334 g/mol. The van der Waals surface area contributed by atoms with E-state index < -0.39 is 0 Å². The van der Waals surface area contributed by atoms with E-state index in [4.69, 9.17) is 10.1 Å². The van der Waals surface area contributed by atoms with Gasteiger partial charge in [0.2, 0.25) is 0 Å². The van der Waals surface area contributed by atoms with Crippen LogP contribution in [0.4, 0.5) is 0 Å². The van der Waals surface area contributed by atoms with Crippen LogP contribution in [0.5, 0.6) is 0 Å². The molecule has 8 heteroatoms. The Bertz CT molecular complexity index is 1130. The van der Waals surface area contributed by atoms with Gasteiger partial charge in [-0.25, -0.2) is 4.98 Å². The van der Waals surface area contributed by atoms with Crippen molar-refractivity contribution in [1.29, 1.82) is 5.41 Å². The minimum Gasteiger partial charge on any atom is -0.376 e. The predicted molar refractivity (Wildman–Crippen MR) is 95.1 cm³/mol. The number of fused-ring (bicyclic) bond motifs is 2. The molecule has 1 unspecified atom stereocenters. The molecule has 0 aliphatic carbocycles. The van der Waals surface area contributed by atoms with Gasteiger partial charge >= 0.3 is 0 Å². The van der Waals surface area contributed by atoms with Gasteiger partial charge in [-0.15, -0.1) is 0 Å². The van der Waals surface area contributed by atoms with E-state index in [9.17, 15) is 9.59 Å². The Balaban J connectivity index is 1.80. The van der Waals surface area contributed by atoms with Crippen LogP contribution >= 0.6 is 0 Å². The number of rotatable bonds is 3. The standard InChI is InChI=1S/C18H19N5O3/c1-22-15(19)12(17(24)20-10-11-5-4-8-26-11)9-13-16(22)21-14-6-2-3-7-23(14)18(13)25/h2-3,6-7,9,11,19H,4-5,8,10H2,1H3,(H,20,24). The molecule has 0 radical (unpaired) electrons. The van der Waals surface area contributed by atoms with Gasteiger partial charge in [-0.3, -0.25) is 19.4 Å². The Morgan fingerprint density at radius 2 is 2.31 bits per heavy atom. The van der Waals surface area contributed by atoms with E-state index in [2.05, 4.69) is 10.3 Å². The summed E-state index contributed by atoms with van der Waals surface area (Å²) >= 11 is 0. The highest BCUT2D eigenvalue weighted by Gasteiger charge is 2.19. The molecule has 1 fully saturated rings. The zero-order valence-corrected chi connectivity index (χ0v) is 14.4. The number of carbonyl (C=O) groups excluding carboxylic acids is 1. The first-order valence-electron chi connectivity index (χ1n) is 8.52. The highest BCUT2D eigenvalue weighted by atomic mass is 16.5. The highest BCUT2D eigenvalue weighted by Crippen LogP contribution is 2.12. The van der Waals surface area contributed by atoms with E-state index >= 15 is 0 Å². The fraction of sp³-hybridized carbons (Fsp3) is 0.333. The lowest BCUT2D eigenvalue weighted by atomic mass is 10.2. The molecule has 8 nitrogen and oxygen atoms in total. The van der Waals surface area contributed by atoms with Crippen LogP contribution in [0.15, 0.2) is 35.3 Å². The first-order chi connectivity index (χ1) is 12.6. The van der Waals surface area contributed by atoms with E-state index in [1.54, 1.807) is 31.4 Å². The minimum atomic E-state index is -0.388. The van der Waals surface area contributed by atoms with E-state index in [0.29, 0.717) is 29.8 Å². The fourth-order valence-corrected chi connectivity index (χ4v) is 3.25. The van der Waals surface area contributed by atoms with Gasteiger partial charge in [0.15, 0.2) is 0 Å². The molecule has 3 aromatic rings. The van der Waals surface area contributed by atoms with Crippen molar-refractivity contribution in [1.82, 2.24) is 19.3 Å². The van der Waals surface area contributed by atoms with Crippen LogP contribution in [0.1, 0.15) is 23.2 Å². The smallest absolute Gasteiger partial charge is 0.267 e. The average molecular weight is 353 g/mol. The molecule has 0 saturated carbocycles. The third-order valence-electron chi connectivity index (χ3n) is 4.70. The van der Waals surface area contributed by atoms with Crippen LogP contribution in [0.25, 0.3) is 16.7 Å². The molecule has 1 saturated heterocycles. The molecule has 2 N–H and O–H groups in total. The lowest BCUT2D eigenvalue weighted by molar-refractivity contribution is 0.0856. The maximum atomic E-state index is 12.8. The number of aryl methyl sites for hydroxylation is 1. The Morgan fingerprint density at radius 3 is 3.08 bits per heavy atom. The zero-order chi connectivity index (χ0) is 18.3. The van der Waals surface area contributed by atoms with Crippen molar-refractivity contribution in [2.45, 2.75) is 18.9 Å². The number of hydrogen-bond donors (Lipinski definition) is 2. The minimum absolute atomic E-state index is 0.00882. The van der Waals surface area contributed by atoms with Crippen LogP contribution in [-0.2, 0) is 11.8 Å². The predicted octanol–water partition coefficient (Wildman–Crippen LogP) is 0.574. The third kappa shape index (κ3) is 2.68. The van der Waals surface area contributed by atoms with Crippen molar-refractivity contribution < 1.29 is 9.53 Å². The number of carbonyl (C=O) groups is 1. The monoisotopic (exact) mass is 353 g/mol. The van der Waals surface area contributed by atoms with Gasteiger partial charge in [0, 0.05) is 26.4 Å². The van der Waals surface area contributed by atoms with E-state index in [1.807, 2.05) is 0 Å². The van der Waals surface area contributed by atoms with Crippen molar-refractivity contribution in [2.75, 3.05) is 13.2 Å². The molecule has 0 spiro atoms. The van der Waals surface area contributed by atoms with E-state index in [0.717, 1.165) is 12.8 Å². The number of aromatic nitrogens is 3. The average Bonchev–Trinajstić information content (AvgIpc) is 3.17. The Kier molecular flexibility index (Phi) is 4.04. The number of pyridine rings is 2. The fourth-order valence-electron chi connectivity index (χ4n) is 3.25. The normalized spacial score (nSPS) is 17.0. The molecule has 134 valence electrons. The summed E-state index contributed by atoms with van der Waals surface area (Å²) < 4.78 is 8.39. The summed E-state index contributed by atoms with van der Waals surface area (Å²) in [5.74, 6) is -0.388. The summed E-state index contributed by atoms with van der Waals surface area (Å²) in [5, 5.41) is 11.4. The molecule has 1 aliphatic rings. The van der Waals surface area contributed by atoms with Crippen molar-refractivity contribution in [3.63, 3.8) is 0 Å². The van der Waals surface area contributed by atoms with Crippen molar-refractivity contribution in [3.05, 3.63) is 51.9 Å². The maximum absolute atomic E-state index is 12.8. The van der Waals surface area contributed by atoms with Crippen LogP contribution in [0.3, 0.4) is 0 Å². The first-order valence-corrected chi connectivity index (χ1v) is 8.52. The molecule has 4 heterocycles. The van der Waals surface area contributed by atoms with Crippen molar-refractivity contribution >= 4 is 22.6 Å². The number of ether oxygens (including phenoxy) is 1. The van der Waals surface area contributed by atoms with Gasteiger partial charge in [-0.05, 0) is 31.0 Å². The second-order valence-electron chi connectivity index (χ2n) is 6.39. The summed E-state index contributed by atoms with van der Waals surface area (Å²) in [6, 6.07) is 6.72. The molecule has 4 rings (SSSR count). The Labute approximate surface area is 148 Å². The summed E-state index contributed by atoms with van der Waals surface area (Å²) in [7, 11) is 1.63. The number of nitrogens with one attached hydrogen (secondary N) is 2. The summed E-state index contributed by atoms with van der Waals surface area (Å²) in [6.45, 7) is 1.11.